The molecule has 0 aliphatic carbocycles. The molecular weight excluding hydrogens is 867 g/mol. The molecule has 61 heavy (non-hydrogen) atoms. The normalized spacial score (nSPS) is 17.5. The minimum Gasteiger partial charge on any atom is -0.480 e. The number of aliphatic hydroxyl groups is 3. The van der Waals surface area contributed by atoms with Crippen molar-refractivity contribution in [1.82, 2.24) is 52.1 Å². The Balaban J connectivity index is 2.15. The molecule has 342 valence electrons. The van der Waals surface area contributed by atoms with E-state index in [0.29, 0.717) is 17.9 Å². The molecule has 24 nitrogen and oxygen atoms in total. The maximum Gasteiger partial charge on any atom is 0.327 e. The van der Waals surface area contributed by atoms with Crippen LogP contribution in [0.4, 0.5) is 0 Å². The van der Waals surface area contributed by atoms with Gasteiger partial charge in [-0.1, -0.05) is 0 Å². The van der Waals surface area contributed by atoms with Gasteiger partial charge in [0.25, 0.3) is 0 Å². The summed E-state index contributed by atoms with van der Waals surface area (Å²) in [6, 6.07) is -11.1. The third-order valence-corrected chi connectivity index (χ3v) is 10.5. The Hall–Kier alpha value is -4.67. The van der Waals surface area contributed by atoms with Crippen molar-refractivity contribution < 1.29 is 63.6 Å². The Morgan fingerprint density at radius 3 is 2.03 bits per heavy atom. The number of imidazole rings is 1. The van der Waals surface area contributed by atoms with Gasteiger partial charge in [-0.2, -0.15) is 37.0 Å². The number of rotatable bonds is 26. The highest BCUT2D eigenvalue weighted by molar-refractivity contribution is 7.98. The Bertz CT molecular complexity index is 1680. The average Bonchev–Trinajstić information content (AvgIpc) is 3.95. The molecule has 27 heteroatoms. The molecule has 2 rings (SSSR count). The number of nitrogens with zero attached hydrogens (tertiary/aromatic N) is 2. The highest BCUT2D eigenvalue weighted by atomic mass is 32.2. The fraction of sp³-hybridized carbons (Fsp3) is 0.647. The van der Waals surface area contributed by atoms with Crippen molar-refractivity contribution in [1.29, 1.82) is 0 Å². The first-order valence-electron chi connectivity index (χ1n) is 18.9. The van der Waals surface area contributed by atoms with E-state index in [1.165, 1.54) is 29.2 Å². The van der Waals surface area contributed by atoms with Crippen LogP contribution >= 0.6 is 37.0 Å². The predicted octanol–water partition coefficient (Wildman–Crippen LogP) is -6.64. The first-order valence-corrected chi connectivity index (χ1v) is 21.5. The van der Waals surface area contributed by atoms with Crippen LogP contribution in [0.5, 0.6) is 0 Å². The number of aromatic amines is 1. The Morgan fingerprint density at radius 1 is 0.869 bits per heavy atom. The molecular formula is C34H55N11O13S3. The lowest BCUT2D eigenvalue weighted by molar-refractivity contribution is -0.144. The van der Waals surface area contributed by atoms with Crippen LogP contribution < -0.4 is 43.0 Å². The fourth-order valence-corrected chi connectivity index (χ4v) is 6.64. The van der Waals surface area contributed by atoms with E-state index in [1.54, 1.807) is 6.26 Å². The van der Waals surface area contributed by atoms with Crippen molar-refractivity contribution in [2.75, 3.05) is 49.8 Å². The van der Waals surface area contributed by atoms with Crippen LogP contribution in [0.25, 0.3) is 0 Å². The summed E-state index contributed by atoms with van der Waals surface area (Å²) in [6.07, 6.45) is 3.45. The van der Waals surface area contributed by atoms with Crippen LogP contribution in [-0.4, -0.2) is 193 Å². The summed E-state index contributed by atoms with van der Waals surface area (Å²) in [5.41, 5.74) is 5.93. The highest BCUT2D eigenvalue weighted by Crippen LogP contribution is 2.20. The first-order chi connectivity index (χ1) is 28.9. The number of carbonyl (C=O) groups is 9. The highest BCUT2D eigenvalue weighted by Gasteiger charge is 2.39. The zero-order valence-electron chi connectivity index (χ0n) is 33.4. The lowest BCUT2D eigenvalue weighted by Crippen LogP contribution is -2.62. The minimum absolute atomic E-state index is 0.0861. The van der Waals surface area contributed by atoms with Crippen molar-refractivity contribution in [3.8, 4) is 0 Å². The molecule has 1 aliphatic heterocycles. The zero-order valence-corrected chi connectivity index (χ0v) is 36.0. The van der Waals surface area contributed by atoms with Gasteiger partial charge in [0.2, 0.25) is 47.3 Å². The van der Waals surface area contributed by atoms with E-state index in [1.807, 2.05) is 0 Å². The monoisotopic (exact) mass is 921 g/mol. The predicted molar refractivity (Wildman–Crippen MR) is 224 cm³/mol. The van der Waals surface area contributed by atoms with Gasteiger partial charge in [-0.05, 0) is 38.2 Å². The number of thioether (sulfide) groups is 1. The van der Waals surface area contributed by atoms with E-state index in [9.17, 15) is 63.6 Å². The molecule has 1 aromatic heterocycles. The second-order valence-electron chi connectivity index (χ2n) is 13.7. The number of carboxylic acid groups (broad SMARTS) is 1. The van der Waals surface area contributed by atoms with E-state index >= 15 is 0 Å². The molecule has 0 aromatic carbocycles. The topological polar surface area (TPSA) is 377 Å². The Morgan fingerprint density at radius 2 is 1.49 bits per heavy atom. The first kappa shape index (κ1) is 52.5. The summed E-state index contributed by atoms with van der Waals surface area (Å²) in [7, 11) is 0. The van der Waals surface area contributed by atoms with Crippen molar-refractivity contribution in [3.63, 3.8) is 0 Å². The Labute approximate surface area is 365 Å². The van der Waals surface area contributed by atoms with Crippen LogP contribution in [0.15, 0.2) is 12.5 Å². The van der Waals surface area contributed by atoms with Crippen molar-refractivity contribution in [3.05, 3.63) is 18.2 Å². The second kappa shape index (κ2) is 26.6. The lowest BCUT2D eigenvalue weighted by Gasteiger charge is -2.29. The number of amides is 8. The number of nitrogens with two attached hydrogens (primary N) is 1. The number of hydrogen-bond acceptors (Lipinski definition) is 17. The van der Waals surface area contributed by atoms with Crippen LogP contribution in [0, 0.1) is 0 Å². The van der Waals surface area contributed by atoms with E-state index < -0.39 is 127 Å². The van der Waals surface area contributed by atoms with Crippen molar-refractivity contribution in [2.24, 2.45) is 5.73 Å². The molecule has 1 fully saturated rings. The SMILES string of the molecule is CSCC[C@H](NC(=O)CNC(=O)[C@H](Cc1cnc[nH]1)NC(=O)[C@H](CO)NC(=O)[C@@H](NC(=O)[C@H](CO)NC(=O)[C@@H](N)CS)[C@@H](C)O)C(=O)N1CCC[C@H]1C(=O)N[C@@H](CS)C(=O)O. The van der Waals surface area contributed by atoms with Crippen molar-refractivity contribution in [2.45, 2.75) is 87.0 Å². The number of thiol groups is 2. The molecule has 14 N–H and O–H groups in total. The maximum absolute atomic E-state index is 13.7. The molecule has 1 aromatic rings. The summed E-state index contributed by atoms with van der Waals surface area (Å²) in [5.74, 6) is -8.33. The molecule has 0 unspecified atom stereocenters. The van der Waals surface area contributed by atoms with Gasteiger partial charge < -0.3 is 73.3 Å². The number of nitrogens with one attached hydrogen (secondary N) is 8. The molecule has 0 bridgehead atoms. The number of hydrogen-bond donors (Lipinski definition) is 15. The number of carbonyl (C=O) groups excluding carboxylic acids is 8. The maximum atomic E-state index is 13.7. The van der Waals surface area contributed by atoms with Crippen LogP contribution in [0.3, 0.4) is 0 Å². The standard InChI is InChI=1S/C34H55N11O13S3/c1-16(48)26(44-30(53)22(12-47)41-27(50)18(35)13-59)32(55)42-21(11-46)29(52)40-20(8-17-9-36-15-38-17)28(51)37-10-25(49)39-19(5-7-61-2)33(56)45-6-3-4-24(45)31(54)43-23(14-60)34(57)58/h9,15-16,18-24,26,46-48,59-60H,3-8,10-14,35H2,1-2H3,(H,36,38)(H,37,51)(H,39,49)(H,40,52)(H,41,50)(H,42,55)(H,43,54)(H,44,53)(H,57,58)/t16-,18+,19+,20+,21+,22+,23+,24+,26+/m1/s1. The van der Waals surface area contributed by atoms with Gasteiger partial charge in [-0.15, -0.1) is 0 Å². The molecule has 0 saturated carbocycles. The van der Waals surface area contributed by atoms with Gasteiger partial charge >= 0.3 is 5.97 Å². The minimum atomic E-state index is -1.77. The molecule has 0 radical (unpaired) electrons. The Kier molecular flexibility index (Phi) is 22.9. The molecule has 9 atom stereocenters. The quantitative estimate of drug-likeness (QED) is 0.0384. The van der Waals surface area contributed by atoms with Crippen LogP contribution in [0.2, 0.25) is 0 Å². The van der Waals surface area contributed by atoms with E-state index in [4.69, 9.17) is 5.73 Å². The van der Waals surface area contributed by atoms with E-state index in [0.717, 1.165) is 6.92 Å². The molecule has 8 amide bonds. The molecule has 1 aliphatic rings. The zero-order chi connectivity index (χ0) is 45.8. The summed E-state index contributed by atoms with van der Waals surface area (Å²) in [4.78, 5) is 124. The van der Waals surface area contributed by atoms with Gasteiger partial charge in [-0.25, -0.2) is 9.78 Å². The van der Waals surface area contributed by atoms with Gasteiger partial charge in [0.1, 0.15) is 42.3 Å². The van der Waals surface area contributed by atoms with Crippen LogP contribution in [0.1, 0.15) is 31.9 Å². The van der Waals surface area contributed by atoms with E-state index in [-0.39, 0.29) is 37.3 Å². The average molecular weight is 922 g/mol. The van der Waals surface area contributed by atoms with Gasteiger partial charge in [0.15, 0.2) is 0 Å². The van der Waals surface area contributed by atoms with Gasteiger partial charge in [-0.3, -0.25) is 38.4 Å². The molecule has 0 spiro atoms. The summed E-state index contributed by atoms with van der Waals surface area (Å²) in [5, 5.41) is 55.5. The number of carboxylic acids is 1. The molecule has 1 saturated heterocycles. The van der Waals surface area contributed by atoms with Gasteiger partial charge in [0, 0.05) is 36.4 Å². The largest absolute Gasteiger partial charge is 0.480 e. The van der Waals surface area contributed by atoms with Crippen LogP contribution in [-0.2, 0) is 49.6 Å². The summed E-state index contributed by atoms with van der Waals surface area (Å²) < 4.78 is 0. The number of aliphatic carboxylic acids is 1. The smallest absolute Gasteiger partial charge is 0.327 e. The molecule has 2 heterocycles. The van der Waals surface area contributed by atoms with E-state index in [2.05, 4.69) is 72.4 Å². The number of likely N-dealkylation sites (tertiary alicyclic amines) is 1. The third kappa shape index (κ3) is 16.6. The third-order valence-electron chi connectivity index (χ3n) is 9.14. The number of aromatic nitrogens is 2. The second-order valence-corrected chi connectivity index (χ2v) is 15.5. The number of H-pyrrole nitrogens is 1. The summed E-state index contributed by atoms with van der Waals surface area (Å²) in [6.45, 7) is -1.34. The van der Waals surface area contributed by atoms with Crippen molar-refractivity contribution >= 4 is 90.2 Å². The summed E-state index contributed by atoms with van der Waals surface area (Å²) >= 11 is 9.23. The van der Waals surface area contributed by atoms with Gasteiger partial charge in [0.05, 0.1) is 38.2 Å². The fourth-order valence-electron chi connectivity index (χ4n) is 5.75. The number of aliphatic hydroxyl groups excluding tert-OH is 3. The lowest BCUT2D eigenvalue weighted by atomic mass is 10.1.